The molecule has 0 bridgehead atoms. The number of benzene rings is 3. The summed E-state index contributed by atoms with van der Waals surface area (Å²) < 4.78 is 4.85. The Kier molecular flexibility index (Phi) is 2.87. The van der Waals surface area contributed by atoms with Gasteiger partial charge in [-0.05, 0) is 46.3 Å². The third-order valence-electron chi connectivity index (χ3n) is 4.33. The van der Waals surface area contributed by atoms with Crippen LogP contribution in [-0.2, 0) is 0 Å². The van der Waals surface area contributed by atoms with E-state index in [-0.39, 0.29) is 0 Å². The van der Waals surface area contributed by atoms with Crippen LogP contribution in [0.3, 0.4) is 0 Å². The molecular weight excluding hydrogens is 366 g/mol. The van der Waals surface area contributed by atoms with E-state index in [4.69, 9.17) is 0 Å². The standard InChI is InChI=1S/C20H12BrNS/c21-17-12-23-20-11-19-15(10-16(17)20)14-8-4-5-9-18(14)22(19)13-6-2-1-3-7-13/h1-12H. The summed E-state index contributed by atoms with van der Waals surface area (Å²) in [6.45, 7) is 0. The average molecular weight is 378 g/mol. The molecule has 0 aliphatic rings. The van der Waals surface area contributed by atoms with Crippen molar-refractivity contribution in [2.24, 2.45) is 0 Å². The SMILES string of the molecule is Brc1csc2cc3c(cc12)c1ccccc1n3-c1ccccc1. The molecule has 5 rings (SSSR count). The molecule has 1 nitrogen and oxygen atoms in total. The first-order chi connectivity index (χ1) is 11.3. The Balaban J connectivity index is 2.03. The number of hydrogen-bond acceptors (Lipinski definition) is 1. The number of thiophene rings is 1. The van der Waals surface area contributed by atoms with E-state index in [1.165, 1.54) is 42.1 Å². The lowest BCUT2D eigenvalue weighted by Crippen LogP contribution is -1.92. The molecular formula is C20H12BrNS. The number of fused-ring (bicyclic) bond motifs is 4. The summed E-state index contributed by atoms with van der Waals surface area (Å²) in [5.74, 6) is 0. The molecule has 0 unspecified atom stereocenters. The van der Waals surface area contributed by atoms with E-state index in [1.807, 2.05) is 0 Å². The highest BCUT2D eigenvalue weighted by atomic mass is 79.9. The summed E-state index contributed by atoms with van der Waals surface area (Å²) in [6, 6.07) is 23.8. The second-order valence-corrected chi connectivity index (χ2v) is 7.40. The van der Waals surface area contributed by atoms with Crippen LogP contribution < -0.4 is 0 Å². The molecule has 2 aromatic heterocycles. The highest BCUT2D eigenvalue weighted by Gasteiger charge is 2.14. The fourth-order valence-corrected chi connectivity index (χ4v) is 4.89. The summed E-state index contributed by atoms with van der Waals surface area (Å²) in [5.41, 5.74) is 3.72. The lowest BCUT2D eigenvalue weighted by atomic mass is 10.1. The quantitative estimate of drug-likeness (QED) is 0.304. The van der Waals surface area contributed by atoms with Gasteiger partial charge in [-0.2, -0.15) is 0 Å². The van der Waals surface area contributed by atoms with Gasteiger partial charge in [-0.1, -0.05) is 36.4 Å². The highest BCUT2D eigenvalue weighted by Crippen LogP contribution is 2.38. The molecule has 0 spiro atoms. The van der Waals surface area contributed by atoms with E-state index in [9.17, 15) is 0 Å². The van der Waals surface area contributed by atoms with Crippen LogP contribution in [-0.4, -0.2) is 4.57 Å². The van der Waals surface area contributed by atoms with Crippen LogP contribution in [0.15, 0.2) is 76.6 Å². The molecule has 0 atom stereocenters. The third kappa shape index (κ3) is 1.90. The zero-order valence-corrected chi connectivity index (χ0v) is 14.6. The zero-order valence-electron chi connectivity index (χ0n) is 12.2. The van der Waals surface area contributed by atoms with Gasteiger partial charge in [0.25, 0.3) is 0 Å². The number of para-hydroxylation sites is 2. The first-order valence-corrected chi connectivity index (χ1v) is 9.15. The second kappa shape index (κ2) is 4.95. The van der Waals surface area contributed by atoms with Crippen molar-refractivity contribution in [3.05, 3.63) is 76.6 Å². The average Bonchev–Trinajstić information content (AvgIpc) is 3.12. The predicted molar refractivity (Wildman–Crippen MR) is 104 cm³/mol. The van der Waals surface area contributed by atoms with Crippen molar-refractivity contribution in [2.75, 3.05) is 0 Å². The van der Waals surface area contributed by atoms with Crippen molar-refractivity contribution in [1.82, 2.24) is 4.57 Å². The number of rotatable bonds is 1. The molecule has 0 saturated carbocycles. The Morgan fingerprint density at radius 2 is 1.52 bits per heavy atom. The molecule has 0 amide bonds. The van der Waals surface area contributed by atoms with Gasteiger partial charge in [-0.15, -0.1) is 11.3 Å². The van der Waals surface area contributed by atoms with Gasteiger partial charge >= 0.3 is 0 Å². The Bertz CT molecular complexity index is 1170. The second-order valence-electron chi connectivity index (χ2n) is 5.64. The van der Waals surface area contributed by atoms with Gasteiger partial charge in [0, 0.05) is 36.4 Å². The third-order valence-corrected chi connectivity index (χ3v) is 6.24. The van der Waals surface area contributed by atoms with Gasteiger partial charge in [-0.25, -0.2) is 0 Å². The maximum absolute atomic E-state index is 3.67. The fourth-order valence-electron chi connectivity index (χ4n) is 3.31. The van der Waals surface area contributed by atoms with E-state index < -0.39 is 0 Å². The van der Waals surface area contributed by atoms with Crippen LogP contribution in [0.5, 0.6) is 0 Å². The van der Waals surface area contributed by atoms with Crippen LogP contribution in [0.1, 0.15) is 0 Å². The van der Waals surface area contributed by atoms with E-state index in [2.05, 4.69) is 92.6 Å². The molecule has 0 aliphatic carbocycles. The molecule has 110 valence electrons. The molecule has 0 saturated heterocycles. The van der Waals surface area contributed by atoms with Crippen LogP contribution in [0.4, 0.5) is 0 Å². The Labute approximate surface area is 145 Å². The van der Waals surface area contributed by atoms with Crippen LogP contribution >= 0.6 is 27.3 Å². The van der Waals surface area contributed by atoms with Crippen LogP contribution in [0, 0.1) is 0 Å². The Hall–Kier alpha value is -2.10. The Morgan fingerprint density at radius 1 is 0.739 bits per heavy atom. The molecule has 5 aromatic rings. The van der Waals surface area contributed by atoms with Crippen molar-refractivity contribution in [3.8, 4) is 5.69 Å². The van der Waals surface area contributed by atoms with E-state index in [0.717, 1.165) is 0 Å². The monoisotopic (exact) mass is 377 g/mol. The minimum Gasteiger partial charge on any atom is -0.309 e. The summed E-state index contributed by atoms with van der Waals surface area (Å²) >= 11 is 5.45. The lowest BCUT2D eigenvalue weighted by molar-refractivity contribution is 1.18. The first kappa shape index (κ1) is 13.3. The van der Waals surface area contributed by atoms with Gasteiger partial charge in [0.05, 0.1) is 11.0 Å². The van der Waals surface area contributed by atoms with Gasteiger partial charge in [0.2, 0.25) is 0 Å². The number of hydrogen-bond donors (Lipinski definition) is 0. The number of aromatic nitrogens is 1. The van der Waals surface area contributed by atoms with Gasteiger partial charge in [-0.3, -0.25) is 0 Å². The summed E-state index contributed by atoms with van der Waals surface area (Å²) in [4.78, 5) is 0. The van der Waals surface area contributed by atoms with Crippen LogP contribution in [0.25, 0.3) is 37.6 Å². The largest absolute Gasteiger partial charge is 0.309 e. The minimum absolute atomic E-state index is 1.18. The highest BCUT2D eigenvalue weighted by molar-refractivity contribution is 9.10. The number of nitrogens with zero attached hydrogens (tertiary/aromatic N) is 1. The van der Waals surface area contributed by atoms with Gasteiger partial charge in [0.15, 0.2) is 0 Å². The first-order valence-electron chi connectivity index (χ1n) is 7.48. The van der Waals surface area contributed by atoms with Crippen molar-refractivity contribution in [1.29, 1.82) is 0 Å². The lowest BCUT2D eigenvalue weighted by Gasteiger charge is -2.07. The normalized spacial score (nSPS) is 11.7. The summed E-state index contributed by atoms with van der Waals surface area (Å²) in [5, 5.41) is 6.05. The molecule has 0 fully saturated rings. The van der Waals surface area contributed by atoms with Crippen molar-refractivity contribution in [2.45, 2.75) is 0 Å². The van der Waals surface area contributed by atoms with Crippen molar-refractivity contribution < 1.29 is 0 Å². The Morgan fingerprint density at radius 3 is 2.39 bits per heavy atom. The molecule has 23 heavy (non-hydrogen) atoms. The van der Waals surface area contributed by atoms with Crippen LogP contribution in [0.2, 0.25) is 0 Å². The topological polar surface area (TPSA) is 4.93 Å². The van der Waals surface area contributed by atoms with Gasteiger partial charge < -0.3 is 4.57 Å². The molecule has 3 heteroatoms. The van der Waals surface area contributed by atoms with Crippen molar-refractivity contribution in [3.63, 3.8) is 0 Å². The molecule has 0 aliphatic heterocycles. The van der Waals surface area contributed by atoms with Gasteiger partial charge in [0.1, 0.15) is 0 Å². The maximum atomic E-state index is 3.67. The summed E-state index contributed by atoms with van der Waals surface area (Å²) in [7, 11) is 0. The van der Waals surface area contributed by atoms with E-state index in [0.29, 0.717) is 0 Å². The zero-order chi connectivity index (χ0) is 15.4. The van der Waals surface area contributed by atoms with E-state index >= 15 is 0 Å². The van der Waals surface area contributed by atoms with E-state index in [1.54, 1.807) is 11.3 Å². The van der Waals surface area contributed by atoms with Crippen molar-refractivity contribution >= 4 is 59.2 Å². The minimum atomic E-state index is 1.18. The molecule has 0 N–H and O–H groups in total. The fraction of sp³-hybridized carbons (Fsp3) is 0. The predicted octanol–water partition coefficient (Wildman–Crippen LogP) is 6.76. The summed E-state index contributed by atoms with van der Waals surface area (Å²) in [6.07, 6.45) is 0. The molecule has 2 heterocycles. The number of halogens is 1. The maximum Gasteiger partial charge on any atom is 0.0555 e. The molecule has 0 radical (unpaired) electrons. The molecule has 3 aromatic carbocycles. The smallest absolute Gasteiger partial charge is 0.0555 e.